The van der Waals surface area contributed by atoms with Crippen molar-refractivity contribution in [3.05, 3.63) is 56.2 Å². The highest BCUT2D eigenvalue weighted by atomic mass is 35.5. The van der Waals surface area contributed by atoms with Gasteiger partial charge in [-0.05, 0) is 43.7 Å². The highest BCUT2D eigenvalue weighted by Gasteiger charge is 2.16. The molecule has 0 saturated heterocycles. The van der Waals surface area contributed by atoms with Crippen molar-refractivity contribution in [3.8, 4) is 0 Å². The molecule has 0 amide bonds. The summed E-state index contributed by atoms with van der Waals surface area (Å²) in [6.45, 7) is 1.94. The van der Waals surface area contributed by atoms with Crippen LogP contribution in [0.25, 0.3) is 0 Å². The van der Waals surface area contributed by atoms with E-state index in [1.165, 1.54) is 23.5 Å². The van der Waals surface area contributed by atoms with Crippen LogP contribution in [-0.4, -0.2) is 7.05 Å². The topological polar surface area (TPSA) is 12.0 Å². The zero-order chi connectivity index (χ0) is 14.0. The monoisotopic (exact) mass is 301 g/mol. The van der Waals surface area contributed by atoms with Crippen LogP contribution in [0.1, 0.15) is 22.0 Å². The molecule has 0 spiro atoms. The molecule has 0 aliphatic rings. The predicted molar refractivity (Wildman–Crippen MR) is 75.9 cm³/mol. The number of aryl methyl sites for hydroxylation is 1. The summed E-state index contributed by atoms with van der Waals surface area (Å²) in [6.07, 6.45) is 0.457. The molecule has 1 unspecified atom stereocenters. The van der Waals surface area contributed by atoms with Gasteiger partial charge in [0, 0.05) is 17.0 Å². The van der Waals surface area contributed by atoms with Crippen molar-refractivity contribution >= 4 is 22.9 Å². The maximum atomic E-state index is 13.7. The average molecular weight is 302 g/mol. The molecule has 1 atom stereocenters. The van der Waals surface area contributed by atoms with Crippen molar-refractivity contribution in [2.45, 2.75) is 19.4 Å². The molecular weight excluding hydrogens is 288 g/mol. The Labute approximate surface area is 120 Å². The first-order chi connectivity index (χ1) is 9.01. The first kappa shape index (κ1) is 14.4. The molecule has 2 aromatic rings. The third-order valence-corrected chi connectivity index (χ3v) is 4.68. The van der Waals surface area contributed by atoms with Gasteiger partial charge in [0.2, 0.25) is 0 Å². The molecule has 1 heterocycles. The number of likely N-dealkylation sites (N-methyl/N-ethyl adjacent to an activating group) is 1. The molecule has 1 N–H and O–H groups in total. The van der Waals surface area contributed by atoms with Crippen LogP contribution in [0.15, 0.2) is 24.3 Å². The molecule has 1 aromatic heterocycles. The van der Waals surface area contributed by atoms with Crippen LogP contribution >= 0.6 is 22.9 Å². The second-order valence-corrected chi connectivity index (χ2v) is 6.07. The standard InChI is InChI=1S/C14H14ClF2NS/c1-8-5-13(19-14(8)15)12(18-2)6-9-3-4-10(16)7-11(9)17/h3-5,7,12,18H,6H2,1-2H3. The van der Waals surface area contributed by atoms with E-state index in [2.05, 4.69) is 5.32 Å². The molecule has 1 aromatic carbocycles. The number of halogens is 3. The first-order valence-corrected chi connectivity index (χ1v) is 7.07. The molecule has 0 aliphatic heterocycles. The van der Waals surface area contributed by atoms with Crippen molar-refractivity contribution in [1.82, 2.24) is 5.32 Å². The first-order valence-electron chi connectivity index (χ1n) is 5.88. The Kier molecular flexibility index (Phi) is 4.55. The average Bonchev–Trinajstić information content (AvgIpc) is 2.68. The number of benzene rings is 1. The summed E-state index contributed by atoms with van der Waals surface area (Å²) in [7, 11) is 1.81. The van der Waals surface area contributed by atoms with E-state index in [4.69, 9.17) is 11.6 Å². The summed E-state index contributed by atoms with van der Waals surface area (Å²) in [5.41, 5.74) is 1.50. The van der Waals surface area contributed by atoms with E-state index in [1.807, 2.05) is 20.0 Å². The van der Waals surface area contributed by atoms with E-state index in [-0.39, 0.29) is 6.04 Å². The minimum atomic E-state index is -0.558. The number of nitrogens with one attached hydrogen (secondary N) is 1. The van der Waals surface area contributed by atoms with E-state index < -0.39 is 11.6 Å². The largest absolute Gasteiger partial charge is 0.312 e. The highest BCUT2D eigenvalue weighted by Crippen LogP contribution is 2.32. The molecule has 102 valence electrons. The molecule has 0 saturated carbocycles. The van der Waals surface area contributed by atoms with Crippen LogP contribution in [0.2, 0.25) is 4.34 Å². The number of hydrogen-bond donors (Lipinski definition) is 1. The van der Waals surface area contributed by atoms with Crippen molar-refractivity contribution in [3.63, 3.8) is 0 Å². The summed E-state index contributed by atoms with van der Waals surface area (Å²) >= 11 is 7.53. The van der Waals surface area contributed by atoms with Crippen molar-refractivity contribution in [1.29, 1.82) is 0 Å². The van der Waals surface area contributed by atoms with Gasteiger partial charge in [-0.1, -0.05) is 17.7 Å². The molecule has 0 bridgehead atoms. The third kappa shape index (κ3) is 3.32. The SMILES string of the molecule is CNC(Cc1ccc(F)cc1F)c1cc(C)c(Cl)s1. The van der Waals surface area contributed by atoms with Gasteiger partial charge in [-0.2, -0.15) is 0 Å². The maximum Gasteiger partial charge on any atom is 0.129 e. The van der Waals surface area contributed by atoms with Crippen LogP contribution in [0.5, 0.6) is 0 Å². The third-order valence-electron chi connectivity index (χ3n) is 3.01. The number of rotatable bonds is 4. The lowest BCUT2D eigenvalue weighted by molar-refractivity contribution is 0.544. The molecule has 1 nitrogen and oxygen atoms in total. The lowest BCUT2D eigenvalue weighted by Crippen LogP contribution is -2.18. The second kappa shape index (κ2) is 5.99. The second-order valence-electron chi connectivity index (χ2n) is 4.39. The molecule has 5 heteroatoms. The van der Waals surface area contributed by atoms with Crippen LogP contribution in [0, 0.1) is 18.6 Å². The number of hydrogen-bond acceptors (Lipinski definition) is 2. The fourth-order valence-corrected chi connectivity index (χ4v) is 3.24. The molecular formula is C14H14ClF2NS. The van der Waals surface area contributed by atoms with Crippen LogP contribution in [0.3, 0.4) is 0 Å². The minimum absolute atomic E-state index is 0.0313. The van der Waals surface area contributed by atoms with E-state index in [9.17, 15) is 8.78 Å². The summed E-state index contributed by atoms with van der Waals surface area (Å²) in [5, 5.41) is 3.14. The fraction of sp³-hybridized carbons (Fsp3) is 0.286. The van der Waals surface area contributed by atoms with Gasteiger partial charge in [0.05, 0.1) is 4.34 Å². The van der Waals surface area contributed by atoms with E-state index >= 15 is 0 Å². The Morgan fingerprint density at radius 1 is 1.32 bits per heavy atom. The van der Waals surface area contributed by atoms with E-state index in [1.54, 1.807) is 0 Å². The van der Waals surface area contributed by atoms with Crippen molar-refractivity contribution < 1.29 is 8.78 Å². The van der Waals surface area contributed by atoms with E-state index in [0.29, 0.717) is 12.0 Å². The van der Waals surface area contributed by atoms with E-state index in [0.717, 1.165) is 20.8 Å². The molecule has 0 radical (unpaired) electrons. The summed E-state index contributed by atoms with van der Waals surface area (Å²) in [6, 6.07) is 5.63. The lowest BCUT2D eigenvalue weighted by Gasteiger charge is -2.15. The van der Waals surface area contributed by atoms with Crippen molar-refractivity contribution in [2.24, 2.45) is 0 Å². The minimum Gasteiger partial charge on any atom is -0.312 e. The van der Waals surface area contributed by atoms with Crippen molar-refractivity contribution in [2.75, 3.05) is 7.05 Å². The van der Waals surface area contributed by atoms with Gasteiger partial charge in [-0.3, -0.25) is 0 Å². The number of thiophene rings is 1. The normalized spacial score (nSPS) is 12.7. The molecule has 0 aliphatic carbocycles. The fourth-order valence-electron chi connectivity index (χ4n) is 1.91. The molecule has 0 fully saturated rings. The maximum absolute atomic E-state index is 13.7. The van der Waals surface area contributed by atoms with Gasteiger partial charge in [0.15, 0.2) is 0 Å². The summed E-state index contributed by atoms with van der Waals surface area (Å²) in [4.78, 5) is 1.05. The van der Waals surface area contributed by atoms with Gasteiger partial charge in [0.1, 0.15) is 11.6 Å². The Morgan fingerprint density at radius 2 is 2.05 bits per heavy atom. The van der Waals surface area contributed by atoms with Crippen LogP contribution < -0.4 is 5.32 Å². The Hall–Kier alpha value is -0.970. The Morgan fingerprint density at radius 3 is 2.58 bits per heavy atom. The van der Waals surface area contributed by atoms with Gasteiger partial charge in [0.25, 0.3) is 0 Å². The summed E-state index contributed by atoms with van der Waals surface area (Å²) in [5.74, 6) is -1.07. The summed E-state index contributed by atoms with van der Waals surface area (Å²) < 4.78 is 27.3. The smallest absolute Gasteiger partial charge is 0.129 e. The highest BCUT2D eigenvalue weighted by molar-refractivity contribution is 7.16. The lowest BCUT2D eigenvalue weighted by atomic mass is 10.0. The predicted octanol–water partition coefficient (Wildman–Crippen LogP) is 4.49. The van der Waals surface area contributed by atoms with Gasteiger partial charge < -0.3 is 5.32 Å². The van der Waals surface area contributed by atoms with Crippen LogP contribution in [-0.2, 0) is 6.42 Å². The van der Waals surface area contributed by atoms with Gasteiger partial charge in [-0.15, -0.1) is 11.3 Å². The Balaban J connectivity index is 2.23. The zero-order valence-electron chi connectivity index (χ0n) is 10.6. The Bertz CT molecular complexity index is 563. The van der Waals surface area contributed by atoms with Gasteiger partial charge in [-0.25, -0.2) is 8.78 Å². The molecule has 2 rings (SSSR count). The quantitative estimate of drug-likeness (QED) is 0.877. The van der Waals surface area contributed by atoms with Gasteiger partial charge >= 0.3 is 0 Å². The molecule has 19 heavy (non-hydrogen) atoms. The zero-order valence-corrected chi connectivity index (χ0v) is 12.2. The van der Waals surface area contributed by atoms with Crippen LogP contribution in [0.4, 0.5) is 8.78 Å².